The zero-order valence-corrected chi connectivity index (χ0v) is 9.29. The van der Waals surface area contributed by atoms with Crippen molar-refractivity contribution in [3.63, 3.8) is 0 Å². The zero-order valence-electron chi connectivity index (χ0n) is 9.29. The first-order valence-electron chi connectivity index (χ1n) is 4.86. The van der Waals surface area contributed by atoms with Crippen molar-refractivity contribution in [2.45, 2.75) is 52.0 Å². The number of aliphatic hydroxyl groups is 1. The van der Waals surface area contributed by atoms with E-state index < -0.39 is 5.79 Å². The first kappa shape index (κ1) is 11.0. The van der Waals surface area contributed by atoms with Gasteiger partial charge < -0.3 is 9.84 Å². The molecule has 0 saturated carbocycles. The van der Waals surface area contributed by atoms with Crippen molar-refractivity contribution < 1.29 is 9.84 Å². The molecule has 13 heavy (non-hydrogen) atoms. The van der Waals surface area contributed by atoms with E-state index in [1.165, 1.54) is 0 Å². The lowest BCUT2D eigenvalue weighted by molar-refractivity contribution is -0.261. The fourth-order valence-corrected chi connectivity index (χ4v) is 1.75. The molecule has 1 N–H and O–H groups in total. The minimum absolute atomic E-state index is 0.0992. The quantitative estimate of drug-likeness (QED) is 0.619. The topological polar surface area (TPSA) is 32.7 Å². The van der Waals surface area contributed by atoms with E-state index in [2.05, 4.69) is 25.7 Å². The molecule has 3 heteroatoms. The largest absolute Gasteiger partial charge is 0.365 e. The molecule has 0 amide bonds. The van der Waals surface area contributed by atoms with Gasteiger partial charge in [0.05, 0.1) is 12.6 Å². The third-order valence-corrected chi connectivity index (χ3v) is 2.37. The monoisotopic (exact) mass is 187 g/mol. The Bertz CT molecular complexity index is 184. The number of hydrogen-bond donors (Lipinski definition) is 1. The summed E-state index contributed by atoms with van der Waals surface area (Å²) in [6.45, 7) is 11.7. The van der Waals surface area contributed by atoms with Gasteiger partial charge in [-0.3, -0.25) is 4.90 Å². The van der Waals surface area contributed by atoms with Gasteiger partial charge in [0.1, 0.15) is 0 Å². The van der Waals surface area contributed by atoms with Crippen molar-refractivity contribution in [3.8, 4) is 0 Å². The Hall–Kier alpha value is -0.120. The molecular formula is C10H21NO2. The second kappa shape index (κ2) is 3.23. The molecule has 1 aliphatic heterocycles. The van der Waals surface area contributed by atoms with Gasteiger partial charge in [0.25, 0.3) is 0 Å². The summed E-state index contributed by atoms with van der Waals surface area (Å²) >= 11 is 0. The van der Waals surface area contributed by atoms with Crippen LogP contribution in [-0.2, 0) is 4.74 Å². The van der Waals surface area contributed by atoms with Gasteiger partial charge in [-0.1, -0.05) is 0 Å². The van der Waals surface area contributed by atoms with Crippen molar-refractivity contribution in [1.29, 1.82) is 0 Å². The van der Waals surface area contributed by atoms with Crippen molar-refractivity contribution in [3.05, 3.63) is 0 Å². The normalized spacial score (nSPS) is 37.8. The molecule has 2 atom stereocenters. The fourth-order valence-electron chi connectivity index (χ4n) is 1.75. The highest BCUT2D eigenvalue weighted by Crippen LogP contribution is 2.24. The van der Waals surface area contributed by atoms with Crippen molar-refractivity contribution >= 4 is 0 Å². The highest BCUT2D eigenvalue weighted by molar-refractivity contribution is 4.85. The molecule has 1 heterocycles. The van der Waals surface area contributed by atoms with Gasteiger partial charge in [-0.05, 0) is 34.6 Å². The maximum absolute atomic E-state index is 9.81. The van der Waals surface area contributed by atoms with Crippen LogP contribution in [0.25, 0.3) is 0 Å². The number of hydrogen-bond acceptors (Lipinski definition) is 3. The maximum atomic E-state index is 9.81. The van der Waals surface area contributed by atoms with Crippen LogP contribution in [-0.4, -0.2) is 40.5 Å². The van der Waals surface area contributed by atoms with Gasteiger partial charge in [0.15, 0.2) is 5.79 Å². The van der Waals surface area contributed by atoms with Crippen LogP contribution in [0, 0.1) is 0 Å². The standard InChI is InChI=1S/C10H21NO2/c1-8-6-11(9(2,3)4)7-10(5,12)13-8/h8,12H,6-7H2,1-5H3/t8-,10-/m0/s1. The van der Waals surface area contributed by atoms with Crippen LogP contribution in [0.5, 0.6) is 0 Å². The average Bonchev–Trinajstić information content (AvgIpc) is 1.79. The van der Waals surface area contributed by atoms with E-state index in [1.54, 1.807) is 6.92 Å². The number of rotatable bonds is 0. The first-order chi connectivity index (χ1) is 5.71. The summed E-state index contributed by atoms with van der Waals surface area (Å²) < 4.78 is 5.41. The number of nitrogens with zero attached hydrogens (tertiary/aromatic N) is 1. The Kier molecular flexibility index (Phi) is 2.72. The summed E-state index contributed by atoms with van der Waals surface area (Å²) in [6, 6.07) is 0. The molecule has 78 valence electrons. The van der Waals surface area contributed by atoms with Gasteiger partial charge in [0.2, 0.25) is 0 Å². The third-order valence-electron chi connectivity index (χ3n) is 2.37. The molecule has 1 fully saturated rings. The molecular weight excluding hydrogens is 166 g/mol. The van der Waals surface area contributed by atoms with E-state index in [0.717, 1.165) is 6.54 Å². The lowest BCUT2D eigenvalue weighted by Crippen LogP contribution is -2.58. The van der Waals surface area contributed by atoms with Crippen molar-refractivity contribution in [1.82, 2.24) is 4.90 Å². The summed E-state index contributed by atoms with van der Waals surface area (Å²) in [6.07, 6.45) is 0.1000. The summed E-state index contributed by atoms with van der Waals surface area (Å²) in [5, 5.41) is 9.81. The van der Waals surface area contributed by atoms with Crippen LogP contribution in [0.15, 0.2) is 0 Å². The molecule has 0 aromatic carbocycles. The van der Waals surface area contributed by atoms with E-state index in [9.17, 15) is 5.11 Å². The molecule has 0 radical (unpaired) electrons. The minimum Gasteiger partial charge on any atom is -0.365 e. The van der Waals surface area contributed by atoms with Crippen LogP contribution < -0.4 is 0 Å². The maximum Gasteiger partial charge on any atom is 0.175 e. The highest BCUT2D eigenvalue weighted by atomic mass is 16.6. The SMILES string of the molecule is C[C@H]1CN(C(C)(C)C)C[C@@](C)(O)O1. The summed E-state index contributed by atoms with van der Waals surface area (Å²) in [5.74, 6) is -0.995. The fraction of sp³-hybridized carbons (Fsp3) is 1.00. The van der Waals surface area contributed by atoms with Crippen LogP contribution >= 0.6 is 0 Å². The van der Waals surface area contributed by atoms with E-state index in [1.807, 2.05) is 6.92 Å². The van der Waals surface area contributed by atoms with Gasteiger partial charge in [-0.2, -0.15) is 0 Å². The molecule has 0 unspecified atom stereocenters. The molecule has 3 nitrogen and oxygen atoms in total. The Morgan fingerprint density at radius 2 is 2.00 bits per heavy atom. The molecule has 0 aromatic rings. The van der Waals surface area contributed by atoms with Crippen LogP contribution in [0.1, 0.15) is 34.6 Å². The van der Waals surface area contributed by atoms with Gasteiger partial charge in [-0.25, -0.2) is 0 Å². The molecule has 0 spiro atoms. The van der Waals surface area contributed by atoms with Crippen LogP contribution in [0.2, 0.25) is 0 Å². The Labute approximate surface area is 80.7 Å². The van der Waals surface area contributed by atoms with E-state index in [4.69, 9.17) is 4.74 Å². The molecule has 0 bridgehead atoms. The van der Waals surface area contributed by atoms with Crippen molar-refractivity contribution in [2.75, 3.05) is 13.1 Å². The molecule has 1 rings (SSSR count). The second-order valence-electron chi connectivity index (χ2n) is 5.15. The lowest BCUT2D eigenvalue weighted by Gasteiger charge is -2.46. The summed E-state index contributed by atoms with van der Waals surface area (Å²) in [7, 11) is 0. The lowest BCUT2D eigenvalue weighted by atomic mass is 10.0. The second-order valence-corrected chi connectivity index (χ2v) is 5.15. The minimum atomic E-state index is -0.995. The molecule has 1 aliphatic rings. The predicted octanol–water partition coefficient (Wildman–Crippen LogP) is 1.21. The Morgan fingerprint density at radius 3 is 2.38 bits per heavy atom. The number of morpholine rings is 1. The molecule has 1 saturated heterocycles. The Balaban J connectivity index is 2.69. The molecule has 0 aliphatic carbocycles. The summed E-state index contributed by atoms with van der Waals surface area (Å²) in [4.78, 5) is 2.25. The smallest absolute Gasteiger partial charge is 0.175 e. The first-order valence-corrected chi connectivity index (χ1v) is 4.86. The highest BCUT2D eigenvalue weighted by Gasteiger charge is 2.37. The van der Waals surface area contributed by atoms with Crippen LogP contribution in [0.3, 0.4) is 0 Å². The zero-order chi connectivity index (χ0) is 10.3. The van der Waals surface area contributed by atoms with Gasteiger partial charge in [0, 0.05) is 12.1 Å². The van der Waals surface area contributed by atoms with Gasteiger partial charge >= 0.3 is 0 Å². The average molecular weight is 187 g/mol. The van der Waals surface area contributed by atoms with E-state index in [0.29, 0.717) is 6.54 Å². The van der Waals surface area contributed by atoms with Crippen molar-refractivity contribution in [2.24, 2.45) is 0 Å². The Morgan fingerprint density at radius 1 is 1.46 bits per heavy atom. The predicted molar refractivity (Wildman–Crippen MR) is 52.5 cm³/mol. The number of β-amino-alcohol motifs (C(OH)–C–C–N with tert-alkyl or cyclic N) is 1. The van der Waals surface area contributed by atoms with Crippen LogP contribution in [0.4, 0.5) is 0 Å². The molecule has 0 aromatic heterocycles. The van der Waals surface area contributed by atoms with E-state index >= 15 is 0 Å². The van der Waals surface area contributed by atoms with Gasteiger partial charge in [-0.15, -0.1) is 0 Å². The number of ether oxygens (including phenoxy) is 1. The van der Waals surface area contributed by atoms with E-state index in [-0.39, 0.29) is 11.6 Å². The summed E-state index contributed by atoms with van der Waals surface area (Å²) in [5.41, 5.74) is 0.0992. The third kappa shape index (κ3) is 2.93.